The van der Waals surface area contributed by atoms with E-state index in [1.165, 1.54) is 12.1 Å². The zero-order chi connectivity index (χ0) is 19.7. The highest BCUT2D eigenvalue weighted by Crippen LogP contribution is 2.47. The molecule has 2 unspecified atom stereocenters. The lowest BCUT2D eigenvalue weighted by atomic mass is 9.93. The first-order valence-corrected chi connectivity index (χ1v) is 10.5. The van der Waals surface area contributed by atoms with Gasteiger partial charge in [0.2, 0.25) is 0 Å². The van der Waals surface area contributed by atoms with Crippen LogP contribution in [-0.2, 0) is 0 Å². The van der Waals surface area contributed by atoms with E-state index in [4.69, 9.17) is 10.7 Å². The number of fused-ring (bicyclic) bond motifs is 1. The highest BCUT2D eigenvalue weighted by atomic mass is 32.2. The van der Waals surface area contributed by atoms with Crippen LogP contribution in [0.5, 0.6) is 0 Å². The number of amidine groups is 1. The first-order valence-electron chi connectivity index (χ1n) is 9.61. The molecule has 0 spiro atoms. The number of benzene rings is 2. The topological polar surface area (TPSA) is 53.7 Å². The van der Waals surface area contributed by atoms with E-state index < -0.39 is 0 Å². The third kappa shape index (κ3) is 3.74. The molecule has 0 saturated heterocycles. The van der Waals surface area contributed by atoms with Gasteiger partial charge in [-0.05, 0) is 53.1 Å². The molecule has 146 valence electrons. The fraction of sp³-hybridized carbons (Fsp3) is 0.318. The summed E-state index contributed by atoms with van der Waals surface area (Å²) in [5.41, 5.74) is 10.1. The quantitative estimate of drug-likeness (QED) is 0.630. The van der Waals surface area contributed by atoms with Crippen molar-refractivity contribution in [2.75, 3.05) is 17.6 Å². The van der Waals surface area contributed by atoms with Crippen molar-refractivity contribution >= 4 is 28.3 Å². The van der Waals surface area contributed by atoms with Crippen molar-refractivity contribution in [2.24, 2.45) is 10.9 Å². The molecule has 0 aromatic heterocycles. The molecule has 2 aromatic rings. The van der Waals surface area contributed by atoms with Gasteiger partial charge in [-0.1, -0.05) is 43.8 Å². The van der Waals surface area contributed by atoms with Crippen LogP contribution in [0.1, 0.15) is 43.5 Å². The maximum absolute atomic E-state index is 13.4. The molecule has 6 heteroatoms. The van der Waals surface area contributed by atoms with Crippen molar-refractivity contribution in [1.82, 2.24) is 4.90 Å². The molecular formula is C22H25FN4S. The van der Waals surface area contributed by atoms with E-state index in [9.17, 15) is 4.39 Å². The summed E-state index contributed by atoms with van der Waals surface area (Å²) in [6, 6.07) is 12.8. The van der Waals surface area contributed by atoms with Gasteiger partial charge in [-0.15, -0.1) is 0 Å². The van der Waals surface area contributed by atoms with Crippen molar-refractivity contribution < 1.29 is 4.39 Å². The van der Waals surface area contributed by atoms with Crippen LogP contribution >= 0.6 is 11.8 Å². The van der Waals surface area contributed by atoms with Crippen LogP contribution in [0.4, 0.5) is 15.8 Å². The van der Waals surface area contributed by atoms with Crippen molar-refractivity contribution in [1.29, 1.82) is 0 Å². The number of anilines is 2. The third-order valence-corrected chi connectivity index (χ3v) is 5.92. The lowest BCUT2D eigenvalue weighted by molar-refractivity contribution is 0.401. The summed E-state index contributed by atoms with van der Waals surface area (Å²) in [6.45, 7) is 5.31. The van der Waals surface area contributed by atoms with Gasteiger partial charge in [-0.3, -0.25) is 4.99 Å². The van der Waals surface area contributed by atoms with Crippen molar-refractivity contribution in [3.63, 3.8) is 0 Å². The normalized spacial score (nSPS) is 20.6. The standard InChI is InChI=1S/C22H25FN4S/c1-14(2)9-10-25-19-13-16(5-8-18(19)24)21-20(15-3-6-17(23)7-4-15)26-22-27(21)11-12-28-22/h3-8,11-14,20-21,25H,9-10,24H2,1-2H3. The second-order valence-electron chi connectivity index (χ2n) is 7.62. The number of hydrogen-bond donors (Lipinski definition) is 2. The van der Waals surface area contributed by atoms with Gasteiger partial charge in [0.05, 0.1) is 17.4 Å². The smallest absolute Gasteiger partial charge is 0.168 e. The summed E-state index contributed by atoms with van der Waals surface area (Å²) in [5, 5.41) is 6.50. The molecule has 0 aliphatic carbocycles. The number of nitrogens with zero attached hydrogens (tertiary/aromatic N) is 2. The fourth-order valence-corrected chi connectivity index (χ4v) is 4.38. The number of rotatable bonds is 6. The molecule has 2 heterocycles. The minimum Gasteiger partial charge on any atom is -0.397 e. The molecule has 2 atom stereocenters. The number of nitrogens with one attached hydrogen (secondary N) is 1. The summed E-state index contributed by atoms with van der Waals surface area (Å²) < 4.78 is 13.4. The van der Waals surface area contributed by atoms with E-state index in [0.29, 0.717) is 5.92 Å². The second kappa shape index (κ2) is 7.87. The van der Waals surface area contributed by atoms with Crippen LogP contribution < -0.4 is 11.1 Å². The Kier molecular flexibility index (Phi) is 5.31. The molecule has 0 radical (unpaired) electrons. The minimum atomic E-state index is -0.232. The Labute approximate surface area is 169 Å². The predicted molar refractivity (Wildman–Crippen MR) is 117 cm³/mol. The van der Waals surface area contributed by atoms with Crippen LogP contribution in [0.15, 0.2) is 59.1 Å². The largest absolute Gasteiger partial charge is 0.397 e. The molecule has 0 bridgehead atoms. The number of hydrogen-bond acceptors (Lipinski definition) is 5. The number of aliphatic imine (C=N–C) groups is 1. The molecule has 28 heavy (non-hydrogen) atoms. The van der Waals surface area contributed by atoms with E-state index in [1.54, 1.807) is 11.8 Å². The van der Waals surface area contributed by atoms with Crippen molar-refractivity contribution in [3.05, 3.63) is 71.0 Å². The zero-order valence-electron chi connectivity index (χ0n) is 16.1. The highest BCUT2D eigenvalue weighted by molar-refractivity contribution is 8.16. The summed E-state index contributed by atoms with van der Waals surface area (Å²) in [5.74, 6) is 0.405. The van der Waals surface area contributed by atoms with E-state index >= 15 is 0 Å². The summed E-state index contributed by atoms with van der Waals surface area (Å²) in [6.07, 6.45) is 3.16. The number of halogens is 1. The average Bonchev–Trinajstić information content (AvgIpc) is 3.25. The van der Waals surface area contributed by atoms with Gasteiger partial charge in [-0.2, -0.15) is 0 Å². The molecule has 2 aromatic carbocycles. The fourth-order valence-electron chi connectivity index (χ4n) is 3.60. The maximum Gasteiger partial charge on any atom is 0.168 e. The average molecular weight is 397 g/mol. The Bertz CT molecular complexity index is 907. The Hall–Kier alpha value is -2.47. The van der Waals surface area contributed by atoms with Crippen molar-refractivity contribution in [3.8, 4) is 0 Å². The number of nitrogens with two attached hydrogens (primary N) is 1. The van der Waals surface area contributed by atoms with Gasteiger partial charge in [0.25, 0.3) is 0 Å². The third-order valence-electron chi connectivity index (χ3n) is 5.13. The van der Waals surface area contributed by atoms with Crippen LogP contribution in [0, 0.1) is 11.7 Å². The van der Waals surface area contributed by atoms with Crippen LogP contribution in [0.25, 0.3) is 0 Å². The molecule has 4 rings (SSSR count). The molecule has 3 N–H and O–H groups in total. The first-order chi connectivity index (χ1) is 13.5. The van der Waals surface area contributed by atoms with Crippen LogP contribution in [0.3, 0.4) is 0 Å². The number of nitrogen functional groups attached to an aromatic ring is 1. The first kappa shape index (κ1) is 18.9. The van der Waals surface area contributed by atoms with Gasteiger partial charge < -0.3 is 16.0 Å². The lowest BCUT2D eigenvalue weighted by Gasteiger charge is -2.26. The highest BCUT2D eigenvalue weighted by Gasteiger charge is 2.39. The summed E-state index contributed by atoms with van der Waals surface area (Å²) >= 11 is 1.62. The van der Waals surface area contributed by atoms with E-state index in [0.717, 1.165) is 40.6 Å². The second-order valence-corrected chi connectivity index (χ2v) is 8.49. The summed E-state index contributed by atoms with van der Waals surface area (Å²) in [4.78, 5) is 7.11. The van der Waals surface area contributed by atoms with Crippen LogP contribution in [0.2, 0.25) is 0 Å². The van der Waals surface area contributed by atoms with E-state index in [2.05, 4.69) is 42.4 Å². The molecule has 0 saturated carbocycles. The van der Waals surface area contributed by atoms with Crippen LogP contribution in [-0.4, -0.2) is 16.6 Å². The Morgan fingerprint density at radius 1 is 1.18 bits per heavy atom. The minimum absolute atomic E-state index is 0.0259. The van der Waals surface area contributed by atoms with Gasteiger partial charge in [0.15, 0.2) is 5.17 Å². The molecule has 2 aliphatic rings. The molecule has 2 aliphatic heterocycles. The SMILES string of the molecule is CC(C)CCNc1cc(C2C(c3ccc(F)cc3)N=C3SC=CN32)ccc1N. The Morgan fingerprint density at radius 2 is 1.93 bits per heavy atom. The molecule has 0 amide bonds. The molecule has 4 nitrogen and oxygen atoms in total. The molecule has 0 fully saturated rings. The van der Waals surface area contributed by atoms with Gasteiger partial charge in [-0.25, -0.2) is 4.39 Å². The van der Waals surface area contributed by atoms with Gasteiger partial charge in [0, 0.05) is 12.7 Å². The van der Waals surface area contributed by atoms with Gasteiger partial charge >= 0.3 is 0 Å². The van der Waals surface area contributed by atoms with Gasteiger partial charge in [0.1, 0.15) is 11.9 Å². The van der Waals surface area contributed by atoms with E-state index in [-0.39, 0.29) is 17.9 Å². The Morgan fingerprint density at radius 3 is 2.68 bits per heavy atom. The Balaban J connectivity index is 1.65. The summed E-state index contributed by atoms with van der Waals surface area (Å²) in [7, 11) is 0. The lowest BCUT2D eigenvalue weighted by Crippen LogP contribution is -2.23. The maximum atomic E-state index is 13.4. The monoisotopic (exact) mass is 396 g/mol. The van der Waals surface area contributed by atoms with Crippen molar-refractivity contribution in [2.45, 2.75) is 32.4 Å². The number of thioether (sulfide) groups is 1. The molecular weight excluding hydrogens is 371 g/mol. The zero-order valence-corrected chi connectivity index (χ0v) is 16.9. The predicted octanol–water partition coefficient (Wildman–Crippen LogP) is 5.54. The van der Waals surface area contributed by atoms with E-state index in [1.807, 2.05) is 23.6 Å².